The van der Waals surface area contributed by atoms with Crippen molar-refractivity contribution in [3.63, 3.8) is 0 Å². The molecule has 0 radical (unpaired) electrons. The second-order valence-corrected chi connectivity index (χ2v) is 6.67. The maximum atomic E-state index is 11.3. The van der Waals surface area contributed by atoms with Gasteiger partial charge in [-0.05, 0) is 66.0 Å². The minimum atomic E-state index is -0.175. The second-order valence-electron chi connectivity index (χ2n) is 6.67. The molecule has 0 saturated carbocycles. The van der Waals surface area contributed by atoms with Crippen molar-refractivity contribution in [3.8, 4) is 22.8 Å². The van der Waals surface area contributed by atoms with Crippen molar-refractivity contribution in [2.75, 3.05) is 20.2 Å². The van der Waals surface area contributed by atoms with Crippen LogP contribution in [-0.4, -0.2) is 35.2 Å². The SMILES string of the molecule is CCOc1cccc(-c2cc3c(N=O)c(O)[nH]c3c3c2CCN(C)C3)c1. The first kappa shape index (κ1) is 16.6. The molecule has 2 heterocycles. The number of fused-ring (bicyclic) bond motifs is 3. The Kier molecular flexibility index (Phi) is 4.12. The topological polar surface area (TPSA) is 77.9 Å². The van der Waals surface area contributed by atoms with Gasteiger partial charge in [-0.2, -0.15) is 0 Å². The molecule has 0 saturated heterocycles. The standard InChI is InChI=1S/C20H21N3O3/c1-3-26-13-6-4-5-12(9-13)15-10-16-18(21-20(24)19(16)22-25)17-11-23(2)8-7-14(15)17/h4-6,9-10,21,24H,3,7-8,11H2,1-2H3. The summed E-state index contributed by atoms with van der Waals surface area (Å²) in [4.78, 5) is 16.4. The smallest absolute Gasteiger partial charge is 0.219 e. The Labute approximate surface area is 151 Å². The van der Waals surface area contributed by atoms with Crippen LogP contribution in [0.25, 0.3) is 22.0 Å². The fourth-order valence-electron chi connectivity index (χ4n) is 3.80. The van der Waals surface area contributed by atoms with Gasteiger partial charge in [-0.15, -0.1) is 4.91 Å². The van der Waals surface area contributed by atoms with Crippen LogP contribution in [0, 0.1) is 4.91 Å². The summed E-state index contributed by atoms with van der Waals surface area (Å²) in [5, 5.41) is 13.8. The predicted molar refractivity (Wildman–Crippen MR) is 102 cm³/mol. The van der Waals surface area contributed by atoms with Crippen LogP contribution in [0.4, 0.5) is 5.69 Å². The number of aromatic hydroxyl groups is 1. The van der Waals surface area contributed by atoms with Crippen LogP contribution < -0.4 is 4.74 Å². The molecule has 0 aliphatic carbocycles. The average Bonchev–Trinajstić information content (AvgIpc) is 2.97. The molecular formula is C20H21N3O3. The van der Waals surface area contributed by atoms with Crippen molar-refractivity contribution in [2.24, 2.45) is 5.18 Å². The van der Waals surface area contributed by atoms with E-state index >= 15 is 0 Å². The fourth-order valence-corrected chi connectivity index (χ4v) is 3.80. The minimum absolute atomic E-state index is 0.0678. The van der Waals surface area contributed by atoms with E-state index in [-0.39, 0.29) is 11.6 Å². The predicted octanol–water partition coefficient (Wildman–Crippen LogP) is 4.33. The van der Waals surface area contributed by atoms with Crippen molar-refractivity contribution in [1.29, 1.82) is 0 Å². The summed E-state index contributed by atoms with van der Waals surface area (Å²) in [7, 11) is 2.07. The molecule has 0 fully saturated rings. The quantitative estimate of drug-likeness (QED) is 0.686. The highest BCUT2D eigenvalue weighted by Crippen LogP contribution is 2.43. The van der Waals surface area contributed by atoms with Crippen LogP contribution in [0.2, 0.25) is 0 Å². The van der Waals surface area contributed by atoms with E-state index in [4.69, 9.17) is 4.74 Å². The second kappa shape index (κ2) is 6.46. The lowest BCUT2D eigenvalue weighted by molar-refractivity contribution is 0.314. The zero-order valence-electron chi connectivity index (χ0n) is 14.9. The van der Waals surface area contributed by atoms with E-state index in [1.54, 1.807) is 0 Å². The molecule has 4 rings (SSSR count). The van der Waals surface area contributed by atoms with E-state index in [1.165, 1.54) is 5.56 Å². The lowest BCUT2D eigenvalue weighted by atomic mass is 9.88. The van der Waals surface area contributed by atoms with Crippen molar-refractivity contribution >= 4 is 16.6 Å². The molecule has 2 aromatic carbocycles. The van der Waals surface area contributed by atoms with Gasteiger partial charge < -0.3 is 19.7 Å². The molecule has 6 heteroatoms. The Balaban J connectivity index is 2.00. The highest BCUT2D eigenvalue weighted by molar-refractivity contribution is 6.00. The molecule has 0 atom stereocenters. The van der Waals surface area contributed by atoms with Crippen LogP contribution >= 0.6 is 0 Å². The molecule has 0 spiro atoms. The van der Waals surface area contributed by atoms with Crippen molar-refractivity contribution in [1.82, 2.24) is 9.88 Å². The zero-order chi connectivity index (χ0) is 18.3. The third-order valence-corrected chi connectivity index (χ3v) is 4.99. The third-order valence-electron chi connectivity index (χ3n) is 4.99. The van der Waals surface area contributed by atoms with Gasteiger partial charge in [-0.1, -0.05) is 12.1 Å². The van der Waals surface area contributed by atoms with Crippen LogP contribution in [0.15, 0.2) is 35.5 Å². The van der Waals surface area contributed by atoms with Crippen molar-refractivity contribution < 1.29 is 9.84 Å². The van der Waals surface area contributed by atoms with Gasteiger partial charge in [0, 0.05) is 18.5 Å². The molecule has 1 aliphatic rings. The molecule has 6 nitrogen and oxygen atoms in total. The number of nitroso groups, excluding NO2 is 1. The fraction of sp³-hybridized carbons (Fsp3) is 0.300. The molecule has 2 N–H and O–H groups in total. The number of hydrogen-bond donors (Lipinski definition) is 2. The number of aromatic nitrogens is 1. The first-order valence-electron chi connectivity index (χ1n) is 8.77. The molecular weight excluding hydrogens is 330 g/mol. The van der Waals surface area contributed by atoms with Gasteiger partial charge in [0.05, 0.1) is 12.1 Å². The monoisotopic (exact) mass is 351 g/mol. The number of H-pyrrole nitrogens is 1. The average molecular weight is 351 g/mol. The van der Waals surface area contributed by atoms with Gasteiger partial charge in [0.25, 0.3) is 0 Å². The number of ether oxygens (including phenoxy) is 1. The van der Waals surface area contributed by atoms with Gasteiger partial charge >= 0.3 is 0 Å². The first-order chi connectivity index (χ1) is 12.6. The summed E-state index contributed by atoms with van der Waals surface area (Å²) in [6.45, 7) is 4.28. The molecule has 26 heavy (non-hydrogen) atoms. The lowest BCUT2D eigenvalue weighted by Gasteiger charge is -2.27. The Morgan fingerprint density at radius 2 is 2.15 bits per heavy atom. The Bertz CT molecular complexity index is 994. The molecule has 3 aromatic rings. The highest BCUT2D eigenvalue weighted by atomic mass is 16.5. The minimum Gasteiger partial charge on any atom is -0.494 e. The number of nitrogens with one attached hydrogen (secondary N) is 1. The van der Waals surface area contributed by atoms with Crippen LogP contribution in [0.5, 0.6) is 11.6 Å². The normalized spacial score (nSPS) is 14.4. The Morgan fingerprint density at radius 3 is 2.92 bits per heavy atom. The third kappa shape index (κ3) is 2.63. The maximum Gasteiger partial charge on any atom is 0.219 e. The summed E-state index contributed by atoms with van der Waals surface area (Å²) in [5.41, 5.74) is 5.31. The van der Waals surface area contributed by atoms with E-state index < -0.39 is 0 Å². The van der Waals surface area contributed by atoms with E-state index in [0.29, 0.717) is 12.0 Å². The van der Waals surface area contributed by atoms with Gasteiger partial charge in [0.1, 0.15) is 5.75 Å². The van der Waals surface area contributed by atoms with E-state index in [0.717, 1.165) is 47.5 Å². The highest BCUT2D eigenvalue weighted by Gasteiger charge is 2.24. The summed E-state index contributed by atoms with van der Waals surface area (Å²) >= 11 is 0. The number of rotatable bonds is 4. The number of aromatic amines is 1. The van der Waals surface area contributed by atoms with Gasteiger partial charge in [-0.3, -0.25) is 0 Å². The van der Waals surface area contributed by atoms with E-state index in [2.05, 4.69) is 22.1 Å². The Morgan fingerprint density at radius 1 is 1.31 bits per heavy atom. The molecule has 134 valence electrons. The van der Waals surface area contributed by atoms with Crippen LogP contribution in [0.1, 0.15) is 18.1 Å². The molecule has 0 amide bonds. The molecule has 0 unspecified atom stereocenters. The summed E-state index contributed by atoms with van der Waals surface area (Å²) in [6, 6.07) is 9.93. The largest absolute Gasteiger partial charge is 0.494 e. The van der Waals surface area contributed by atoms with Crippen molar-refractivity contribution in [3.05, 3.63) is 46.4 Å². The van der Waals surface area contributed by atoms with Gasteiger partial charge in [0.2, 0.25) is 5.88 Å². The summed E-state index contributed by atoms with van der Waals surface area (Å²) < 4.78 is 5.64. The van der Waals surface area contributed by atoms with Crippen LogP contribution in [-0.2, 0) is 13.0 Å². The number of nitrogens with zero attached hydrogens (tertiary/aromatic N) is 2. The van der Waals surface area contributed by atoms with E-state index in [9.17, 15) is 10.0 Å². The number of likely N-dealkylation sites (N-methyl/N-ethyl adjacent to an activating group) is 1. The first-order valence-corrected chi connectivity index (χ1v) is 8.77. The molecule has 0 bridgehead atoms. The lowest BCUT2D eigenvalue weighted by Crippen LogP contribution is -2.27. The van der Waals surface area contributed by atoms with E-state index in [1.807, 2.05) is 37.3 Å². The summed E-state index contributed by atoms with van der Waals surface area (Å²) in [6.07, 6.45) is 0.902. The van der Waals surface area contributed by atoms with Gasteiger partial charge in [-0.25, -0.2) is 0 Å². The van der Waals surface area contributed by atoms with Crippen molar-refractivity contribution in [2.45, 2.75) is 19.9 Å². The Hall–Kier alpha value is -2.86. The number of benzene rings is 2. The maximum absolute atomic E-state index is 11.3. The van der Waals surface area contributed by atoms with Gasteiger partial charge in [0.15, 0.2) is 5.69 Å². The molecule has 1 aromatic heterocycles. The zero-order valence-corrected chi connectivity index (χ0v) is 14.9. The molecule has 1 aliphatic heterocycles. The number of hydrogen-bond acceptors (Lipinski definition) is 5. The van der Waals surface area contributed by atoms with Crippen LogP contribution in [0.3, 0.4) is 0 Å². The summed E-state index contributed by atoms with van der Waals surface area (Å²) in [5.74, 6) is 0.642.